The lowest BCUT2D eigenvalue weighted by Gasteiger charge is -2.38. The molecule has 2 rings (SSSR count). The maximum absolute atomic E-state index is 14.1. The predicted octanol–water partition coefficient (Wildman–Crippen LogP) is 2.28. The highest BCUT2D eigenvalue weighted by Crippen LogP contribution is 2.37. The summed E-state index contributed by atoms with van der Waals surface area (Å²) in [7, 11) is 0. The molecule has 0 bridgehead atoms. The van der Waals surface area contributed by atoms with Crippen molar-refractivity contribution in [3.05, 3.63) is 29.8 Å². The number of ether oxygens (including phenoxy) is 1. The lowest BCUT2D eigenvalue weighted by molar-refractivity contribution is -0.118. The Morgan fingerprint density at radius 1 is 1.17 bits per heavy atom. The lowest BCUT2D eigenvalue weighted by Crippen LogP contribution is -2.51. The number of benzene rings is 1. The zero-order valence-corrected chi connectivity index (χ0v) is 13.0. The molecule has 132 valence electrons. The molecule has 1 saturated heterocycles. The summed E-state index contributed by atoms with van der Waals surface area (Å²) in [4.78, 5) is 1.58. The van der Waals surface area contributed by atoms with Gasteiger partial charge in [0.25, 0.3) is 5.92 Å². The zero-order chi connectivity index (χ0) is 16.2. The maximum atomic E-state index is 14.1. The topological polar surface area (TPSA) is 44.7 Å². The fourth-order valence-corrected chi connectivity index (χ4v) is 2.58. The van der Waals surface area contributed by atoms with Crippen LogP contribution in [0.15, 0.2) is 24.3 Å². The zero-order valence-electron chi connectivity index (χ0n) is 12.2. The van der Waals surface area contributed by atoms with Crippen molar-refractivity contribution in [1.82, 2.24) is 10.2 Å². The van der Waals surface area contributed by atoms with Crippen molar-refractivity contribution in [2.24, 2.45) is 0 Å². The van der Waals surface area contributed by atoms with Crippen LogP contribution in [0.1, 0.15) is 11.6 Å². The monoisotopic (exact) mass is 358 g/mol. The number of alkyl halides is 4. The van der Waals surface area contributed by atoms with Gasteiger partial charge in [0.1, 0.15) is 18.4 Å². The minimum Gasteiger partial charge on any atom is -0.435 e. The van der Waals surface area contributed by atoms with E-state index in [1.165, 1.54) is 24.3 Å². The first kappa shape index (κ1) is 20.0. The van der Waals surface area contributed by atoms with E-state index in [9.17, 15) is 17.6 Å². The second-order valence-electron chi connectivity index (χ2n) is 5.06. The van der Waals surface area contributed by atoms with Gasteiger partial charge in [-0.1, -0.05) is 12.1 Å². The molecule has 1 aromatic rings. The third-order valence-electron chi connectivity index (χ3n) is 3.55. The highest BCUT2D eigenvalue weighted by atomic mass is 35.5. The van der Waals surface area contributed by atoms with E-state index < -0.39 is 25.2 Å². The molecular weight excluding hydrogens is 340 g/mol. The Labute approximate surface area is 137 Å². The van der Waals surface area contributed by atoms with Crippen LogP contribution in [0, 0.1) is 0 Å². The Bertz CT molecular complexity index is 470. The van der Waals surface area contributed by atoms with Gasteiger partial charge in [0, 0.05) is 26.2 Å². The molecule has 1 fully saturated rings. The molecule has 23 heavy (non-hydrogen) atoms. The smallest absolute Gasteiger partial charge is 0.387 e. The van der Waals surface area contributed by atoms with Crippen molar-refractivity contribution in [2.45, 2.75) is 18.6 Å². The van der Waals surface area contributed by atoms with Crippen LogP contribution in [0.25, 0.3) is 0 Å². The van der Waals surface area contributed by atoms with E-state index in [0.717, 1.165) is 0 Å². The van der Waals surface area contributed by atoms with Gasteiger partial charge in [0.15, 0.2) is 0 Å². The first-order valence-corrected chi connectivity index (χ1v) is 6.92. The molecule has 1 heterocycles. The van der Waals surface area contributed by atoms with Crippen LogP contribution in [0.5, 0.6) is 5.75 Å². The Hall–Kier alpha value is -1.09. The molecule has 1 aliphatic heterocycles. The summed E-state index contributed by atoms with van der Waals surface area (Å²) < 4.78 is 56.7. The maximum Gasteiger partial charge on any atom is 0.387 e. The SMILES string of the molecule is Cl.OCC(F)(F)[C@H](c1ccc(OC(F)F)cc1)N1CCNCC1. The normalized spacial score (nSPS) is 17.7. The first-order chi connectivity index (χ1) is 10.4. The van der Waals surface area contributed by atoms with E-state index in [-0.39, 0.29) is 23.7 Å². The van der Waals surface area contributed by atoms with Gasteiger partial charge in [-0.25, -0.2) is 8.78 Å². The highest BCUT2D eigenvalue weighted by Gasteiger charge is 2.43. The van der Waals surface area contributed by atoms with Crippen LogP contribution in [0.4, 0.5) is 17.6 Å². The van der Waals surface area contributed by atoms with Gasteiger partial charge in [-0.05, 0) is 17.7 Å². The molecule has 1 atom stereocenters. The van der Waals surface area contributed by atoms with Gasteiger partial charge in [0.05, 0.1) is 0 Å². The van der Waals surface area contributed by atoms with Gasteiger partial charge >= 0.3 is 6.61 Å². The predicted molar refractivity (Wildman–Crippen MR) is 79.5 cm³/mol. The Balaban J connectivity index is 0.00000264. The molecule has 0 aliphatic carbocycles. The van der Waals surface area contributed by atoms with E-state index >= 15 is 0 Å². The Kier molecular flexibility index (Phi) is 7.53. The highest BCUT2D eigenvalue weighted by molar-refractivity contribution is 5.85. The third kappa shape index (κ3) is 5.20. The average molecular weight is 359 g/mol. The van der Waals surface area contributed by atoms with Crippen molar-refractivity contribution in [1.29, 1.82) is 0 Å². The number of aliphatic hydroxyl groups is 1. The Morgan fingerprint density at radius 3 is 2.22 bits per heavy atom. The molecule has 0 saturated carbocycles. The minimum absolute atomic E-state index is 0. The van der Waals surface area contributed by atoms with Gasteiger partial charge in [-0.2, -0.15) is 8.78 Å². The number of piperazine rings is 1. The molecule has 2 N–H and O–H groups in total. The molecule has 4 nitrogen and oxygen atoms in total. The number of hydrogen-bond donors (Lipinski definition) is 2. The van der Waals surface area contributed by atoms with E-state index in [0.29, 0.717) is 26.2 Å². The number of rotatable bonds is 6. The van der Waals surface area contributed by atoms with Crippen molar-refractivity contribution >= 4 is 12.4 Å². The molecule has 0 radical (unpaired) electrons. The molecule has 1 aliphatic rings. The number of nitrogens with zero attached hydrogens (tertiary/aromatic N) is 1. The number of halogens is 5. The van der Waals surface area contributed by atoms with Crippen molar-refractivity contribution < 1.29 is 27.4 Å². The summed E-state index contributed by atoms with van der Waals surface area (Å²) in [6.07, 6.45) is 0. The molecular formula is C14H19ClF4N2O2. The van der Waals surface area contributed by atoms with Crippen molar-refractivity contribution in [3.8, 4) is 5.75 Å². The van der Waals surface area contributed by atoms with Gasteiger partial charge in [-0.15, -0.1) is 12.4 Å². The van der Waals surface area contributed by atoms with Crippen LogP contribution < -0.4 is 10.1 Å². The summed E-state index contributed by atoms with van der Waals surface area (Å²) >= 11 is 0. The summed E-state index contributed by atoms with van der Waals surface area (Å²) in [5.41, 5.74) is 0.252. The molecule has 1 aromatic carbocycles. The average Bonchev–Trinajstić information content (AvgIpc) is 2.49. The first-order valence-electron chi connectivity index (χ1n) is 6.92. The van der Waals surface area contributed by atoms with Crippen LogP contribution in [-0.2, 0) is 0 Å². The van der Waals surface area contributed by atoms with Crippen LogP contribution in [-0.4, -0.2) is 55.3 Å². The number of aliphatic hydroxyl groups excluding tert-OH is 1. The third-order valence-corrected chi connectivity index (χ3v) is 3.55. The summed E-state index contributed by atoms with van der Waals surface area (Å²) in [5.74, 6) is -3.42. The molecule has 0 spiro atoms. The largest absolute Gasteiger partial charge is 0.435 e. The molecule has 9 heteroatoms. The van der Waals surface area contributed by atoms with Crippen LogP contribution in [0.3, 0.4) is 0 Å². The van der Waals surface area contributed by atoms with Crippen molar-refractivity contribution in [2.75, 3.05) is 32.8 Å². The summed E-state index contributed by atoms with van der Waals surface area (Å²) in [6, 6.07) is 3.80. The lowest BCUT2D eigenvalue weighted by atomic mass is 9.98. The van der Waals surface area contributed by atoms with Gasteiger partial charge in [0.2, 0.25) is 0 Å². The van der Waals surface area contributed by atoms with Gasteiger partial charge in [-0.3, -0.25) is 4.90 Å². The summed E-state index contributed by atoms with van der Waals surface area (Å²) in [5, 5.41) is 12.1. The standard InChI is InChI=1S/C14H18F4N2O2.ClH/c15-13(16)22-11-3-1-10(2-4-11)12(14(17,18)9-21)20-7-5-19-6-8-20;/h1-4,12-13,19,21H,5-9H2;1H/t12-;/m0./s1. The number of hydrogen-bond acceptors (Lipinski definition) is 4. The van der Waals surface area contributed by atoms with E-state index in [4.69, 9.17) is 5.11 Å². The van der Waals surface area contributed by atoms with E-state index in [1.807, 2.05) is 0 Å². The van der Waals surface area contributed by atoms with Crippen LogP contribution >= 0.6 is 12.4 Å². The molecule has 0 unspecified atom stereocenters. The fourth-order valence-electron chi connectivity index (χ4n) is 2.58. The van der Waals surface area contributed by atoms with Crippen molar-refractivity contribution in [3.63, 3.8) is 0 Å². The minimum atomic E-state index is -3.33. The fraction of sp³-hybridized carbons (Fsp3) is 0.571. The second kappa shape index (κ2) is 8.68. The van der Waals surface area contributed by atoms with E-state index in [2.05, 4.69) is 10.1 Å². The molecule has 0 amide bonds. The van der Waals surface area contributed by atoms with Crippen LogP contribution in [0.2, 0.25) is 0 Å². The second-order valence-corrected chi connectivity index (χ2v) is 5.06. The van der Waals surface area contributed by atoms with Gasteiger partial charge < -0.3 is 15.2 Å². The number of nitrogens with one attached hydrogen (secondary N) is 1. The van der Waals surface area contributed by atoms with E-state index in [1.54, 1.807) is 4.90 Å². The Morgan fingerprint density at radius 2 is 1.74 bits per heavy atom. The quantitative estimate of drug-likeness (QED) is 0.766. The summed E-state index contributed by atoms with van der Waals surface area (Å²) in [6.45, 7) is -2.27. The molecule has 0 aromatic heterocycles.